The second-order valence-corrected chi connectivity index (χ2v) is 5.67. The molecule has 1 aromatic carbocycles. The summed E-state index contributed by atoms with van der Waals surface area (Å²) >= 11 is 1.55. The first kappa shape index (κ1) is 16.7. The zero-order chi connectivity index (χ0) is 16.7. The summed E-state index contributed by atoms with van der Waals surface area (Å²) in [5.41, 5.74) is 4.75. The number of carbonyl (C=O) groups excluding carboxylic acids is 1. The number of carbonyl (C=O) groups is 1. The highest BCUT2D eigenvalue weighted by molar-refractivity contribution is 7.11. The van der Waals surface area contributed by atoms with Crippen molar-refractivity contribution in [1.82, 2.24) is 5.01 Å². The zero-order valence-electron chi connectivity index (χ0n) is 13.2. The quantitative estimate of drug-likeness (QED) is 0.405. The fraction of sp³-hybridized carbons (Fsp3) is 0.188. The first-order valence-corrected chi connectivity index (χ1v) is 7.78. The van der Waals surface area contributed by atoms with E-state index in [9.17, 15) is 4.79 Å². The number of amidine groups is 1. The summed E-state index contributed by atoms with van der Waals surface area (Å²) in [7, 11) is 2.94. The minimum atomic E-state index is -0.574. The molecule has 1 N–H and O–H groups in total. The first-order valence-electron chi connectivity index (χ1n) is 6.90. The number of anilines is 1. The van der Waals surface area contributed by atoms with E-state index in [2.05, 4.69) is 15.6 Å². The summed E-state index contributed by atoms with van der Waals surface area (Å²) in [4.78, 5) is 12.9. The largest absolute Gasteiger partial charge is 0.463 e. The third kappa shape index (κ3) is 4.93. The van der Waals surface area contributed by atoms with Crippen LogP contribution in [0, 0.1) is 6.92 Å². The Balaban J connectivity index is 2.13. The number of nitrogens with one attached hydrogen (secondary N) is 1. The van der Waals surface area contributed by atoms with Crippen LogP contribution in [0.3, 0.4) is 0 Å². The van der Waals surface area contributed by atoms with Crippen LogP contribution in [0.5, 0.6) is 0 Å². The number of esters is 1. The van der Waals surface area contributed by atoms with E-state index in [1.165, 1.54) is 12.1 Å². The lowest BCUT2D eigenvalue weighted by atomic mass is 10.2. The lowest BCUT2D eigenvalue weighted by Crippen LogP contribution is -2.31. The van der Waals surface area contributed by atoms with Crippen LogP contribution in [-0.2, 0) is 9.53 Å². The maximum absolute atomic E-state index is 11.9. The van der Waals surface area contributed by atoms with Gasteiger partial charge in [0, 0.05) is 11.9 Å². The van der Waals surface area contributed by atoms with Crippen LogP contribution in [-0.4, -0.2) is 37.2 Å². The average molecular weight is 330 g/mol. The molecular weight excluding hydrogens is 312 g/mol. The number of nitrogens with zero attached hydrogens (tertiary/aromatic N) is 3. The Morgan fingerprint density at radius 1 is 1.30 bits per heavy atom. The van der Waals surface area contributed by atoms with Crippen molar-refractivity contribution in [3.63, 3.8) is 0 Å². The minimum Gasteiger partial charge on any atom is -0.463 e. The third-order valence-corrected chi connectivity index (χ3v) is 3.73. The predicted molar refractivity (Wildman–Crippen MR) is 93.9 cm³/mol. The van der Waals surface area contributed by atoms with Crippen molar-refractivity contribution in [2.24, 2.45) is 10.2 Å². The van der Waals surface area contributed by atoms with Gasteiger partial charge in [-0.15, -0.1) is 16.4 Å². The van der Waals surface area contributed by atoms with Crippen molar-refractivity contribution >= 4 is 35.0 Å². The lowest BCUT2D eigenvalue weighted by Gasteiger charge is -2.13. The number of hydrogen-bond acceptors (Lipinski definition) is 6. The summed E-state index contributed by atoms with van der Waals surface area (Å²) in [6.07, 6.45) is 1.66. The van der Waals surface area contributed by atoms with Gasteiger partial charge in [0.1, 0.15) is 0 Å². The zero-order valence-corrected chi connectivity index (χ0v) is 14.0. The van der Waals surface area contributed by atoms with Crippen LogP contribution in [0.25, 0.3) is 0 Å². The van der Waals surface area contributed by atoms with Gasteiger partial charge in [-0.1, -0.05) is 23.8 Å². The summed E-state index contributed by atoms with van der Waals surface area (Å²) in [6, 6.07) is 11.5. The molecule has 0 radical (unpaired) electrons. The molecule has 0 spiro atoms. The number of hydrazone groups is 2. The topological polar surface area (TPSA) is 66.3 Å². The normalized spacial score (nSPS) is 11.5. The van der Waals surface area contributed by atoms with Gasteiger partial charge in [-0.05, 0) is 30.5 Å². The number of ether oxygens (including phenoxy) is 1. The van der Waals surface area contributed by atoms with E-state index >= 15 is 0 Å². The van der Waals surface area contributed by atoms with E-state index in [0.29, 0.717) is 0 Å². The van der Waals surface area contributed by atoms with E-state index in [0.717, 1.165) is 16.1 Å². The number of likely N-dealkylation sites (N-methyl/N-ethyl adjacent to an activating group) is 1. The van der Waals surface area contributed by atoms with Crippen LogP contribution < -0.4 is 5.43 Å². The SMILES string of the molecule is COC(=O)/C(=N/Nc1ccc(C)cc1)N(C)/N=C/c1cccs1. The number of aryl methyl sites for hydroxylation is 1. The molecule has 2 rings (SSSR count). The second-order valence-electron chi connectivity index (χ2n) is 4.69. The predicted octanol–water partition coefficient (Wildman–Crippen LogP) is 2.92. The Morgan fingerprint density at radius 2 is 2.04 bits per heavy atom. The van der Waals surface area contributed by atoms with Crippen LogP contribution in [0.4, 0.5) is 5.69 Å². The minimum absolute atomic E-state index is 0.0564. The molecule has 0 aliphatic carbocycles. The Morgan fingerprint density at radius 3 is 2.65 bits per heavy atom. The van der Waals surface area contributed by atoms with Gasteiger partial charge in [-0.25, -0.2) is 9.80 Å². The van der Waals surface area contributed by atoms with Crippen LogP contribution in [0.2, 0.25) is 0 Å². The van der Waals surface area contributed by atoms with E-state index < -0.39 is 5.97 Å². The van der Waals surface area contributed by atoms with Crippen molar-refractivity contribution < 1.29 is 9.53 Å². The molecule has 0 amide bonds. The molecule has 0 atom stereocenters. The van der Waals surface area contributed by atoms with Gasteiger partial charge in [0.15, 0.2) is 0 Å². The Labute approximate surface area is 139 Å². The standard InChI is InChI=1S/C16H18N4O2S/c1-12-6-8-13(9-7-12)18-19-15(16(21)22-3)20(2)17-11-14-5-4-10-23-14/h4-11,18H,1-3H3/b17-11+,19-15-. The molecule has 0 fully saturated rings. The number of thiophene rings is 1. The van der Waals surface area contributed by atoms with E-state index in [-0.39, 0.29) is 5.84 Å². The maximum atomic E-state index is 11.9. The number of benzene rings is 1. The van der Waals surface area contributed by atoms with Gasteiger partial charge in [0.05, 0.1) is 19.0 Å². The molecule has 1 heterocycles. The molecule has 0 saturated carbocycles. The van der Waals surface area contributed by atoms with Crippen LogP contribution in [0.1, 0.15) is 10.4 Å². The highest BCUT2D eigenvalue weighted by Gasteiger charge is 2.16. The number of methoxy groups -OCH3 is 1. The molecule has 0 bridgehead atoms. The molecule has 0 aliphatic heterocycles. The molecule has 120 valence electrons. The Bertz CT molecular complexity index is 693. The molecule has 0 saturated heterocycles. The van der Waals surface area contributed by atoms with Crippen molar-refractivity contribution in [2.75, 3.05) is 19.6 Å². The maximum Gasteiger partial charge on any atom is 0.377 e. The third-order valence-electron chi connectivity index (χ3n) is 2.92. The van der Waals surface area contributed by atoms with Gasteiger partial charge in [0.2, 0.25) is 0 Å². The Hall–Kier alpha value is -2.67. The molecular formula is C16H18N4O2S. The molecule has 23 heavy (non-hydrogen) atoms. The number of rotatable bonds is 4. The Kier molecular flexibility index (Phi) is 5.87. The van der Waals surface area contributed by atoms with Crippen molar-refractivity contribution in [3.05, 3.63) is 52.2 Å². The van der Waals surface area contributed by atoms with E-state index in [4.69, 9.17) is 4.74 Å². The van der Waals surface area contributed by atoms with Gasteiger partial charge < -0.3 is 4.74 Å². The highest BCUT2D eigenvalue weighted by Crippen LogP contribution is 2.09. The average Bonchev–Trinajstić information content (AvgIpc) is 3.08. The van der Waals surface area contributed by atoms with Crippen molar-refractivity contribution in [1.29, 1.82) is 0 Å². The first-order chi connectivity index (χ1) is 11.1. The van der Waals surface area contributed by atoms with Crippen molar-refractivity contribution in [3.8, 4) is 0 Å². The summed E-state index contributed by atoms with van der Waals surface area (Å²) in [5.74, 6) is -0.517. The highest BCUT2D eigenvalue weighted by atomic mass is 32.1. The van der Waals surface area contributed by atoms with E-state index in [1.807, 2.05) is 48.7 Å². The van der Waals surface area contributed by atoms with Crippen molar-refractivity contribution in [2.45, 2.75) is 6.92 Å². The summed E-state index contributed by atoms with van der Waals surface area (Å²) in [6.45, 7) is 2.00. The fourth-order valence-corrected chi connectivity index (χ4v) is 2.23. The molecule has 0 aliphatic rings. The van der Waals surface area contributed by atoms with Crippen LogP contribution >= 0.6 is 11.3 Å². The fourth-order valence-electron chi connectivity index (χ4n) is 1.65. The monoisotopic (exact) mass is 330 g/mol. The summed E-state index contributed by atoms with van der Waals surface area (Å²) < 4.78 is 4.76. The van der Waals surface area contributed by atoms with Gasteiger partial charge in [0.25, 0.3) is 5.84 Å². The van der Waals surface area contributed by atoms with Gasteiger partial charge in [-0.3, -0.25) is 5.43 Å². The molecule has 1 aromatic heterocycles. The van der Waals surface area contributed by atoms with Crippen LogP contribution in [0.15, 0.2) is 52.0 Å². The smallest absolute Gasteiger partial charge is 0.377 e. The number of hydrogen-bond donors (Lipinski definition) is 1. The van der Waals surface area contributed by atoms with Gasteiger partial charge in [-0.2, -0.15) is 5.10 Å². The lowest BCUT2D eigenvalue weighted by molar-refractivity contribution is -0.133. The second kappa shape index (κ2) is 8.09. The summed E-state index contributed by atoms with van der Waals surface area (Å²) in [5, 5.41) is 11.6. The molecule has 6 nitrogen and oxygen atoms in total. The van der Waals surface area contributed by atoms with E-state index in [1.54, 1.807) is 24.6 Å². The molecule has 7 heteroatoms. The molecule has 2 aromatic rings. The van der Waals surface area contributed by atoms with Gasteiger partial charge >= 0.3 is 5.97 Å². The molecule has 0 unspecified atom stereocenters.